The summed E-state index contributed by atoms with van der Waals surface area (Å²) in [6.07, 6.45) is 0. The summed E-state index contributed by atoms with van der Waals surface area (Å²) in [7, 11) is 0. The SMILES string of the molecule is Cc1cc([N+](=O)[O-])ccc1[As]=O. The first-order chi connectivity index (χ1) is 5.65. The van der Waals surface area contributed by atoms with Gasteiger partial charge in [0.2, 0.25) is 0 Å². The molecule has 1 aromatic rings. The average molecular weight is 227 g/mol. The van der Waals surface area contributed by atoms with Crippen LogP contribution < -0.4 is 4.35 Å². The van der Waals surface area contributed by atoms with E-state index in [1.165, 1.54) is 12.1 Å². The maximum absolute atomic E-state index is 10.6. The van der Waals surface area contributed by atoms with Crippen LogP contribution in [0.2, 0.25) is 0 Å². The number of benzene rings is 1. The van der Waals surface area contributed by atoms with Crippen molar-refractivity contribution in [2.45, 2.75) is 6.92 Å². The Morgan fingerprint density at radius 2 is 2.17 bits per heavy atom. The first-order valence-electron chi connectivity index (χ1n) is 3.23. The van der Waals surface area contributed by atoms with Gasteiger partial charge < -0.3 is 0 Å². The van der Waals surface area contributed by atoms with E-state index in [0.717, 1.165) is 5.56 Å². The number of non-ortho nitro benzene ring substituents is 1. The summed E-state index contributed by atoms with van der Waals surface area (Å²) in [6.45, 7) is 1.72. The fourth-order valence-corrected chi connectivity index (χ4v) is 1.58. The van der Waals surface area contributed by atoms with Gasteiger partial charge >= 0.3 is 75.2 Å². The van der Waals surface area contributed by atoms with E-state index >= 15 is 0 Å². The Morgan fingerprint density at radius 1 is 1.50 bits per heavy atom. The minimum absolute atomic E-state index is 0.0471. The molecule has 0 N–H and O–H groups in total. The molecule has 0 spiro atoms. The van der Waals surface area contributed by atoms with Crippen LogP contribution in [0.15, 0.2) is 18.2 Å². The van der Waals surface area contributed by atoms with E-state index in [2.05, 4.69) is 0 Å². The first kappa shape index (κ1) is 9.07. The maximum atomic E-state index is 10.6. The summed E-state index contributed by atoms with van der Waals surface area (Å²) in [6, 6.07) is 4.35. The number of rotatable bonds is 2. The number of nitro benzene ring substituents is 1. The van der Waals surface area contributed by atoms with Gasteiger partial charge in [0.1, 0.15) is 0 Å². The summed E-state index contributed by atoms with van der Waals surface area (Å²) in [5.74, 6) is 0. The van der Waals surface area contributed by atoms with E-state index in [4.69, 9.17) is 0 Å². The number of aryl methyl sites for hydroxylation is 1. The fraction of sp³-hybridized carbons (Fsp3) is 0.143. The third-order valence-corrected chi connectivity index (χ3v) is 2.95. The van der Waals surface area contributed by atoms with Crippen LogP contribution in [-0.2, 0) is 3.74 Å². The molecule has 0 saturated carbocycles. The third-order valence-electron chi connectivity index (χ3n) is 1.49. The predicted octanol–water partition coefficient (Wildman–Crippen LogP) is 0.578. The number of nitrogens with zero attached hydrogens (tertiary/aromatic N) is 1. The minimum atomic E-state index is -1.09. The molecule has 0 amide bonds. The van der Waals surface area contributed by atoms with Gasteiger partial charge in [-0.25, -0.2) is 0 Å². The molecule has 0 heterocycles. The van der Waals surface area contributed by atoms with Crippen molar-refractivity contribution in [1.82, 2.24) is 0 Å². The second-order valence-electron chi connectivity index (χ2n) is 2.32. The van der Waals surface area contributed by atoms with Crippen LogP contribution in [0.25, 0.3) is 0 Å². The van der Waals surface area contributed by atoms with E-state index in [0.29, 0.717) is 4.35 Å². The summed E-state index contributed by atoms with van der Waals surface area (Å²) in [5, 5.41) is 10.3. The first-order valence-corrected chi connectivity index (χ1v) is 4.94. The molecule has 0 aliphatic heterocycles. The van der Waals surface area contributed by atoms with Gasteiger partial charge in [0.05, 0.1) is 0 Å². The third kappa shape index (κ3) is 1.77. The molecule has 4 nitrogen and oxygen atoms in total. The predicted molar refractivity (Wildman–Crippen MR) is 43.9 cm³/mol. The summed E-state index contributed by atoms with van der Waals surface area (Å²) < 4.78 is 11.3. The molecular formula is C7H6AsNO3. The van der Waals surface area contributed by atoms with Crippen LogP contribution in [0.5, 0.6) is 0 Å². The molecule has 1 aromatic carbocycles. The molecule has 0 atom stereocenters. The molecule has 5 heteroatoms. The molecule has 12 heavy (non-hydrogen) atoms. The van der Waals surface area contributed by atoms with E-state index in [9.17, 15) is 13.9 Å². The number of hydrogen-bond acceptors (Lipinski definition) is 3. The van der Waals surface area contributed by atoms with Crippen LogP contribution >= 0.6 is 0 Å². The van der Waals surface area contributed by atoms with Crippen LogP contribution in [0.4, 0.5) is 5.69 Å². The molecule has 0 aromatic heterocycles. The zero-order chi connectivity index (χ0) is 9.14. The summed E-state index contributed by atoms with van der Waals surface area (Å²) in [5.41, 5.74) is 0.769. The Bertz CT molecular complexity index is 337. The molecule has 0 fully saturated rings. The van der Waals surface area contributed by atoms with Gasteiger partial charge in [0, 0.05) is 0 Å². The summed E-state index contributed by atoms with van der Waals surface area (Å²) >= 11 is -1.09. The molecule has 62 valence electrons. The Balaban J connectivity index is 3.18. The Labute approximate surface area is 75.7 Å². The zero-order valence-corrected chi connectivity index (χ0v) is 8.23. The Hall–Kier alpha value is -1.02. The molecule has 0 radical (unpaired) electrons. The average Bonchev–Trinajstić information content (AvgIpc) is 2.04. The Morgan fingerprint density at radius 3 is 2.58 bits per heavy atom. The molecule has 0 bridgehead atoms. The van der Waals surface area contributed by atoms with Crippen molar-refractivity contribution < 1.29 is 8.66 Å². The van der Waals surface area contributed by atoms with Gasteiger partial charge in [-0.2, -0.15) is 0 Å². The fourth-order valence-electron chi connectivity index (χ4n) is 0.856. The zero-order valence-electron chi connectivity index (χ0n) is 6.35. The van der Waals surface area contributed by atoms with E-state index in [-0.39, 0.29) is 5.69 Å². The van der Waals surface area contributed by atoms with Crippen LogP contribution in [0, 0.1) is 17.0 Å². The normalized spacial score (nSPS) is 10.1. The van der Waals surface area contributed by atoms with Gasteiger partial charge in [-0.15, -0.1) is 0 Å². The molecule has 0 aliphatic carbocycles. The van der Waals surface area contributed by atoms with Crippen molar-refractivity contribution >= 4 is 25.7 Å². The van der Waals surface area contributed by atoms with Gasteiger partial charge in [0.25, 0.3) is 0 Å². The summed E-state index contributed by atoms with van der Waals surface area (Å²) in [4.78, 5) is 9.83. The van der Waals surface area contributed by atoms with E-state index < -0.39 is 20.6 Å². The van der Waals surface area contributed by atoms with Crippen LogP contribution in [0.3, 0.4) is 0 Å². The topological polar surface area (TPSA) is 60.2 Å². The van der Waals surface area contributed by atoms with Crippen molar-refractivity contribution in [3.05, 3.63) is 33.9 Å². The standard InChI is InChI=1S/C7H6AsNO3/c1-5-4-6(9(11)12)2-3-7(5)8-10/h2-4H,1H3. The monoisotopic (exact) mass is 227 g/mol. The van der Waals surface area contributed by atoms with Crippen molar-refractivity contribution in [2.75, 3.05) is 0 Å². The molecule has 0 aliphatic rings. The van der Waals surface area contributed by atoms with Gasteiger partial charge in [-0.05, 0) is 0 Å². The van der Waals surface area contributed by atoms with Gasteiger partial charge in [-0.3, -0.25) is 0 Å². The molecule has 0 saturated heterocycles. The van der Waals surface area contributed by atoms with Gasteiger partial charge in [-0.1, -0.05) is 0 Å². The molecule has 0 unspecified atom stereocenters. The van der Waals surface area contributed by atoms with Crippen LogP contribution in [0.1, 0.15) is 5.56 Å². The molecular weight excluding hydrogens is 221 g/mol. The Kier molecular flexibility index (Phi) is 2.71. The second kappa shape index (κ2) is 3.59. The molecule has 1 rings (SSSR count). The van der Waals surface area contributed by atoms with E-state index in [1.807, 2.05) is 0 Å². The van der Waals surface area contributed by atoms with Crippen molar-refractivity contribution in [3.63, 3.8) is 0 Å². The van der Waals surface area contributed by atoms with Crippen molar-refractivity contribution in [1.29, 1.82) is 0 Å². The van der Waals surface area contributed by atoms with Crippen molar-refractivity contribution in [2.24, 2.45) is 0 Å². The second-order valence-corrected chi connectivity index (χ2v) is 3.71. The number of hydrogen-bond donors (Lipinski definition) is 0. The van der Waals surface area contributed by atoms with Crippen molar-refractivity contribution in [3.8, 4) is 0 Å². The van der Waals surface area contributed by atoms with Gasteiger partial charge in [0.15, 0.2) is 0 Å². The van der Waals surface area contributed by atoms with Crippen LogP contribution in [-0.4, -0.2) is 20.6 Å². The van der Waals surface area contributed by atoms with E-state index in [1.54, 1.807) is 13.0 Å². The quantitative estimate of drug-likeness (QED) is 0.421. The number of nitro groups is 1.